The largest absolute Gasteiger partial charge is 0.489 e. The summed E-state index contributed by atoms with van der Waals surface area (Å²) in [4.78, 5) is 24.5. The molecule has 0 aromatic carbocycles. The molecule has 0 radical (unpaired) electrons. The van der Waals surface area contributed by atoms with Crippen molar-refractivity contribution in [2.75, 3.05) is 14.2 Å². The van der Waals surface area contributed by atoms with Crippen molar-refractivity contribution < 1.29 is 19.1 Å². The number of allylic oxidation sites excluding steroid dienone is 2. The van der Waals surface area contributed by atoms with Gasteiger partial charge in [0.1, 0.15) is 0 Å². The summed E-state index contributed by atoms with van der Waals surface area (Å²) in [5.41, 5.74) is 1.06. The van der Waals surface area contributed by atoms with E-state index in [4.69, 9.17) is 9.47 Å². The summed E-state index contributed by atoms with van der Waals surface area (Å²) in [5.74, 6) is -0.402. The fourth-order valence-electron chi connectivity index (χ4n) is 2.40. The Bertz CT molecular complexity index is 443. The molecule has 112 valence electrons. The van der Waals surface area contributed by atoms with Crippen molar-refractivity contribution >= 4 is 11.6 Å². The van der Waals surface area contributed by atoms with Gasteiger partial charge in [-0.3, -0.25) is 9.59 Å². The Morgan fingerprint density at radius 1 is 0.850 bits per heavy atom. The number of carbonyl (C=O) groups excluding carboxylic acids is 2. The molecule has 1 aliphatic rings. The van der Waals surface area contributed by atoms with Crippen LogP contribution >= 0.6 is 0 Å². The van der Waals surface area contributed by atoms with E-state index in [0.717, 1.165) is 12.8 Å². The third kappa shape index (κ3) is 3.50. The third-order valence-electron chi connectivity index (χ3n) is 3.62. The summed E-state index contributed by atoms with van der Waals surface area (Å²) in [7, 11) is 2.77. The van der Waals surface area contributed by atoms with Crippen LogP contribution in [0.25, 0.3) is 0 Å². The molecule has 0 saturated carbocycles. The molecular weight excluding hydrogens is 256 g/mol. The minimum atomic E-state index is -0.243. The van der Waals surface area contributed by atoms with E-state index in [0.29, 0.717) is 17.6 Å². The summed E-state index contributed by atoms with van der Waals surface area (Å²) < 4.78 is 10.1. The SMILES string of the molecule is CCCCCCCC1=C(C)C(=O)C(OC)=C(OC)C1=O. The molecule has 0 spiro atoms. The van der Waals surface area contributed by atoms with Crippen molar-refractivity contribution in [2.45, 2.75) is 52.4 Å². The number of Topliss-reactive ketones (excluding diaryl/α,β-unsaturated/α-hetero) is 2. The zero-order chi connectivity index (χ0) is 15.1. The molecule has 0 bridgehead atoms. The number of ether oxygens (including phenoxy) is 2. The first kappa shape index (κ1) is 16.5. The Labute approximate surface area is 120 Å². The van der Waals surface area contributed by atoms with Crippen LogP contribution in [0.3, 0.4) is 0 Å². The number of hydrogen-bond donors (Lipinski definition) is 0. The van der Waals surface area contributed by atoms with Crippen LogP contribution in [0.2, 0.25) is 0 Å². The van der Waals surface area contributed by atoms with Crippen LogP contribution in [-0.4, -0.2) is 25.8 Å². The zero-order valence-electron chi connectivity index (χ0n) is 12.9. The van der Waals surface area contributed by atoms with Crippen molar-refractivity contribution in [1.29, 1.82) is 0 Å². The summed E-state index contributed by atoms with van der Waals surface area (Å²) in [6.07, 6.45) is 6.19. The third-order valence-corrected chi connectivity index (χ3v) is 3.62. The van der Waals surface area contributed by atoms with Gasteiger partial charge in [0.2, 0.25) is 23.1 Å². The van der Waals surface area contributed by atoms with Gasteiger partial charge >= 0.3 is 0 Å². The molecule has 0 unspecified atom stereocenters. The van der Waals surface area contributed by atoms with Gasteiger partial charge in [0.05, 0.1) is 14.2 Å². The van der Waals surface area contributed by atoms with E-state index in [9.17, 15) is 9.59 Å². The number of carbonyl (C=O) groups is 2. The lowest BCUT2D eigenvalue weighted by atomic mass is 9.89. The van der Waals surface area contributed by atoms with Crippen LogP contribution in [0.5, 0.6) is 0 Å². The second-order valence-electron chi connectivity index (χ2n) is 4.99. The topological polar surface area (TPSA) is 52.6 Å². The lowest BCUT2D eigenvalue weighted by molar-refractivity contribution is -0.121. The standard InChI is InChI=1S/C16H24O4/c1-5-6-7-8-9-10-12-11(2)13(17)15(19-3)16(20-4)14(12)18/h5-10H2,1-4H3. The van der Waals surface area contributed by atoms with Crippen LogP contribution in [0.1, 0.15) is 52.4 Å². The first-order chi connectivity index (χ1) is 9.58. The van der Waals surface area contributed by atoms with Gasteiger partial charge in [0.15, 0.2) is 0 Å². The quantitative estimate of drug-likeness (QED) is 0.505. The van der Waals surface area contributed by atoms with Crippen LogP contribution in [0, 0.1) is 0 Å². The maximum Gasteiger partial charge on any atom is 0.228 e. The highest BCUT2D eigenvalue weighted by Gasteiger charge is 2.34. The zero-order valence-corrected chi connectivity index (χ0v) is 12.9. The number of ketones is 2. The van der Waals surface area contributed by atoms with Gasteiger partial charge in [0, 0.05) is 11.1 Å². The molecule has 0 fully saturated rings. The van der Waals surface area contributed by atoms with Crippen molar-refractivity contribution in [3.8, 4) is 0 Å². The predicted octanol–water partition coefficient (Wildman–Crippen LogP) is 3.32. The molecule has 0 atom stereocenters. The van der Waals surface area contributed by atoms with Crippen LogP contribution in [-0.2, 0) is 19.1 Å². The number of rotatable bonds is 8. The molecule has 0 amide bonds. The summed E-state index contributed by atoms with van der Waals surface area (Å²) in [6, 6.07) is 0. The van der Waals surface area contributed by atoms with Crippen LogP contribution < -0.4 is 0 Å². The Morgan fingerprint density at radius 2 is 1.40 bits per heavy atom. The smallest absolute Gasteiger partial charge is 0.228 e. The average molecular weight is 280 g/mol. The Hall–Kier alpha value is -1.58. The van der Waals surface area contributed by atoms with Crippen LogP contribution in [0.15, 0.2) is 22.7 Å². The maximum absolute atomic E-state index is 12.3. The monoisotopic (exact) mass is 280 g/mol. The van der Waals surface area contributed by atoms with E-state index in [-0.39, 0.29) is 23.1 Å². The van der Waals surface area contributed by atoms with Gasteiger partial charge in [-0.2, -0.15) is 0 Å². The second-order valence-corrected chi connectivity index (χ2v) is 4.99. The highest BCUT2D eigenvalue weighted by molar-refractivity contribution is 6.23. The van der Waals surface area contributed by atoms with Crippen LogP contribution in [0.4, 0.5) is 0 Å². The van der Waals surface area contributed by atoms with Crippen molar-refractivity contribution in [3.63, 3.8) is 0 Å². The van der Waals surface area contributed by atoms with E-state index >= 15 is 0 Å². The molecule has 0 saturated heterocycles. The minimum Gasteiger partial charge on any atom is -0.489 e. The van der Waals surface area contributed by atoms with Gasteiger partial charge in [-0.05, 0) is 19.8 Å². The first-order valence-electron chi connectivity index (χ1n) is 7.19. The fraction of sp³-hybridized carbons (Fsp3) is 0.625. The maximum atomic E-state index is 12.3. The van der Waals surface area contributed by atoms with Gasteiger partial charge in [-0.25, -0.2) is 0 Å². The van der Waals surface area contributed by atoms with E-state index in [2.05, 4.69) is 6.92 Å². The van der Waals surface area contributed by atoms with E-state index < -0.39 is 0 Å². The van der Waals surface area contributed by atoms with Gasteiger partial charge < -0.3 is 9.47 Å². The minimum absolute atomic E-state index is 0.0183. The molecule has 1 rings (SSSR count). The Kier molecular flexibility index (Phi) is 6.49. The fourth-order valence-corrected chi connectivity index (χ4v) is 2.40. The molecule has 0 aliphatic heterocycles. The van der Waals surface area contributed by atoms with E-state index in [1.165, 1.54) is 33.5 Å². The molecule has 20 heavy (non-hydrogen) atoms. The molecule has 0 N–H and O–H groups in total. The summed E-state index contributed by atoms with van der Waals surface area (Å²) in [6.45, 7) is 3.85. The lowest BCUT2D eigenvalue weighted by Crippen LogP contribution is -2.25. The number of methoxy groups -OCH3 is 2. The summed E-state index contributed by atoms with van der Waals surface area (Å²) >= 11 is 0. The van der Waals surface area contributed by atoms with E-state index in [1.54, 1.807) is 6.92 Å². The highest BCUT2D eigenvalue weighted by atomic mass is 16.5. The molecule has 4 nitrogen and oxygen atoms in total. The lowest BCUT2D eigenvalue weighted by Gasteiger charge is -2.20. The molecule has 4 heteroatoms. The normalized spacial score (nSPS) is 16.0. The molecule has 1 aliphatic carbocycles. The van der Waals surface area contributed by atoms with E-state index in [1.807, 2.05) is 0 Å². The predicted molar refractivity (Wildman–Crippen MR) is 77.1 cm³/mol. The second kappa shape index (κ2) is 7.88. The molecule has 0 heterocycles. The van der Waals surface area contributed by atoms with Crippen molar-refractivity contribution in [2.24, 2.45) is 0 Å². The molecule has 0 aromatic rings. The van der Waals surface area contributed by atoms with Crippen molar-refractivity contribution in [1.82, 2.24) is 0 Å². The molecule has 0 aromatic heterocycles. The number of hydrogen-bond acceptors (Lipinski definition) is 4. The summed E-state index contributed by atoms with van der Waals surface area (Å²) in [5, 5.41) is 0. The van der Waals surface area contributed by atoms with Gasteiger partial charge in [-0.15, -0.1) is 0 Å². The van der Waals surface area contributed by atoms with Gasteiger partial charge in [-0.1, -0.05) is 32.6 Å². The Balaban J connectivity index is 2.78. The van der Waals surface area contributed by atoms with Crippen molar-refractivity contribution in [3.05, 3.63) is 22.7 Å². The first-order valence-corrected chi connectivity index (χ1v) is 7.19. The Morgan fingerprint density at radius 3 is 1.95 bits per heavy atom. The number of unbranched alkanes of at least 4 members (excludes halogenated alkanes) is 4. The highest BCUT2D eigenvalue weighted by Crippen LogP contribution is 2.28. The molecular formula is C16H24O4. The van der Waals surface area contributed by atoms with Gasteiger partial charge in [0.25, 0.3) is 0 Å². The average Bonchev–Trinajstić information content (AvgIpc) is 2.45.